The molecule has 1 aromatic carbocycles. The first kappa shape index (κ1) is 19.4. The number of nitrogens with zero attached hydrogens (tertiary/aromatic N) is 1. The van der Waals surface area contributed by atoms with Gasteiger partial charge in [-0.3, -0.25) is 9.69 Å². The second-order valence-electron chi connectivity index (χ2n) is 6.72. The summed E-state index contributed by atoms with van der Waals surface area (Å²) >= 11 is 1.11. The minimum Gasteiger partial charge on any atom is -0.496 e. The average Bonchev–Trinajstić information content (AvgIpc) is 3.09. The number of nitrogens with one attached hydrogen (secondary N) is 1. The van der Waals surface area contributed by atoms with Crippen LogP contribution in [0.3, 0.4) is 0 Å². The molecular formula is C18H23F3N2O2S. The molecule has 0 spiro atoms. The van der Waals surface area contributed by atoms with E-state index in [-0.39, 0.29) is 28.2 Å². The van der Waals surface area contributed by atoms with Crippen LogP contribution in [0.4, 0.5) is 13.2 Å². The second-order valence-corrected chi connectivity index (χ2v) is 7.57. The van der Waals surface area contributed by atoms with E-state index in [1.807, 2.05) is 0 Å². The molecule has 1 N–H and O–H groups in total. The molecule has 2 atom stereocenters. The van der Waals surface area contributed by atoms with Crippen molar-refractivity contribution < 1.29 is 22.7 Å². The van der Waals surface area contributed by atoms with Crippen LogP contribution in [0, 0.1) is 0 Å². The smallest absolute Gasteiger partial charge is 0.416 e. The third-order valence-corrected chi connectivity index (χ3v) is 5.99. The Morgan fingerprint density at radius 1 is 1.27 bits per heavy atom. The van der Waals surface area contributed by atoms with Crippen molar-refractivity contribution in [2.75, 3.05) is 26.5 Å². The number of amides is 1. The molecule has 1 saturated heterocycles. The van der Waals surface area contributed by atoms with Crippen LogP contribution in [0.2, 0.25) is 0 Å². The van der Waals surface area contributed by atoms with Gasteiger partial charge in [-0.25, -0.2) is 0 Å². The highest BCUT2D eigenvalue weighted by molar-refractivity contribution is 7.98. The summed E-state index contributed by atoms with van der Waals surface area (Å²) in [6.45, 7) is 2.10. The fraction of sp³-hybridized carbons (Fsp3) is 0.611. The Morgan fingerprint density at radius 3 is 2.46 bits per heavy atom. The normalized spacial score (nSPS) is 23.6. The van der Waals surface area contributed by atoms with E-state index in [1.165, 1.54) is 20.0 Å². The molecule has 1 aromatic rings. The predicted octanol–water partition coefficient (Wildman–Crippen LogP) is 3.79. The Hall–Kier alpha value is -1.41. The minimum atomic E-state index is -4.48. The summed E-state index contributed by atoms with van der Waals surface area (Å²) < 4.78 is 44.4. The quantitative estimate of drug-likeness (QED) is 0.780. The van der Waals surface area contributed by atoms with Crippen LogP contribution >= 0.6 is 11.8 Å². The van der Waals surface area contributed by atoms with Crippen molar-refractivity contribution in [1.82, 2.24) is 10.2 Å². The zero-order valence-electron chi connectivity index (χ0n) is 14.9. The summed E-state index contributed by atoms with van der Waals surface area (Å²) in [4.78, 5) is 15.5. The largest absolute Gasteiger partial charge is 0.496 e. The van der Waals surface area contributed by atoms with Crippen LogP contribution in [0.15, 0.2) is 17.0 Å². The van der Waals surface area contributed by atoms with Gasteiger partial charge in [-0.2, -0.15) is 13.2 Å². The van der Waals surface area contributed by atoms with Crippen molar-refractivity contribution in [3.8, 4) is 5.75 Å². The van der Waals surface area contributed by atoms with E-state index in [9.17, 15) is 18.0 Å². The van der Waals surface area contributed by atoms with Gasteiger partial charge in [-0.1, -0.05) is 0 Å². The Balaban J connectivity index is 1.82. The average molecular weight is 388 g/mol. The molecule has 26 heavy (non-hydrogen) atoms. The van der Waals surface area contributed by atoms with Crippen molar-refractivity contribution in [3.63, 3.8) is 0 Å². The van der Waals surface area contributed by atoms with Crippen LogP contribution in [0.1, 0.15) is 41.6 Å². The van der Waals surface area contributed by atoms with E-state index in [2.05, 4.69) is 10.2 Å². The number of benzene rings is 1. The minimum absolute atomic E-state index is 0.0429. The molecule has 8 heteroatoms. The Kier molecular flexibility index (Phi) is 5.72. The highest BCUT2D eigenvalue weighted by atomic mass is 32.2. The van der Waals surface area contributed by atoms with Crippen molar-refractivity contribution in [1.29, 1.82) is 0 Å². The maximum atomic E-state index is 13.1. The van der Waals surface area contributed by atoms with Crippen LogP contribution < -0.4 is 10.1 Å². The Labute approximate surface area is 155 Å². The number of likely N-dealkylation sites (tertiary alicyclic amines) is 1. The molecule has 0 bridgehead atoms. The van der Waals surface area contributed by atoms with E-state index in [0.717, 1.165) is 49.8 Å². The molecule has 2 aliphatic rings. The van der Waals surface area contributed by atoms with Gasteiger partial charge in [-0.05, 0) is 57.2 Å². The van der Waals surface area contributed by atoms with Gasteiger partial charge in [0.25, 0.3) is 5.91 Å². The molecule has 2 unspecified atom stereocenters. The molecule has 144 valence electrons. The van der Waals surface area contributed by atoms with E-state index < -0.39 is 11.7 Å². The summed E-state index contributed by atoms with van der Waals surface area (Å²) in [6.07, 6.45) is 1.47. The summed E-state index contributed by atoms with van der Waals surface area (Å²) in [5.41, 5.74) is -0.631. The van der Waals surface area contributed by atoms with Gasteiger partial charge >= 0.3 is 6.18 Å². The van der Waals surface area contributed by atoms with E-state index in [4.69, 9.17) is 4.74 Å². The van der Waals surface area contributed by atoms with Crippen LogP contribution in [0.5, 0.6) is 5.75 Å². The molecule has 1 aliphatic carbocycles. The Morgan fingerprint density at radius 2 is 1.96 bits per heavy atom. The van der Waals surface area contributed by atoms with Crippen molar-refractivity contribution in [2.45, 2.75) is 48.8 Å². The number of carbonyl (C=O) groups excluding carboxylic acids is 1. The predicted molar refractivity (Wildman–Crippen MR) is 94.9 cm³/mol. The first-order valence-electron chi connectivity index (χ1n) is 8.73. The zero-order chi connectivity index (χ0) is 18.9. The van der Waals surface area contributed by atoms with Gasteiger partial charge in [0, 0.05) is 17.0 Å². The standard InChI is InChI=1S/C18H23F3N2O2S/c1-25-14-9-11(18(19,20)21)10-15(26-2)16(14)17(24)22-12-5-6-13(12)23-7-3-4-8-23/h9-10,12-13H,3-8H2,1-2H3,(H,22,24). The molecule has 0 aromatic heterocycles. The number of rotatable bonds is 5. The lowest BCUT2D eigenvalue weighted by atomic mass is 9.85. The fourth-order valence-corrected chi connectivity index (χ4v) is 4.34. The molecule has 0 radical (unpaired) electrons. The number of ether oxygens (including phenoxy) is 1. The van der Waals surface area contributed by atoms with E-state index in [1.54, 1.807) is 6.26 Å². The number of halogens is 3. The van der Waals surface area contributed by atoms with E-state index in [0.29, 0.717) is 6.04 Å². The number of methoxy groups -OCH3 is 1. The molecule has 1 aliphatic heterocycles. The first-order chi connectivity index (χ1) is 12.3. The number of carbonyl (C=O) groups is 1. The number of alkyl halides is 3. The summed E-state index contributed by atoms with van der Waals surface area (Å²) in [5, 5.41) is 3.01. The molecule has 3 rings (SSSR count). The highest BCUT2D eigenvalue weighted by Crippen LogP contribution is 2.38. The lowest BCUT2D eigenvalue weighted by Crippen LogP contribution is -2.57. The van der Waals surface area contributed by atoms with Crippen molar-refractivity contribution in [3.05, 3.63) is 23.3 Å². The lowest BCUT2D eigenvalue weighted by molar-refractivity contribution is -0.137. The molecule has 1 heterocycles. The van der Waals surface area contributed by atoms with Gasteiger partial charge in [0.15, 0.2) is 0 Å². The fourth-order valence-electron chi connectivity index (χ4n) is 3.70. The molecular weight excluding hydrogens is 365 g/mol. The van der Waals surface area contributed by atoms with Gasteiger partial charge in [0.2, 0.25) is 0 Å². The monoisotopic (exact) mass is 388 g/mol. The van der Waals surface area contributed by atoms with E-state index >= 15 is 0 Å². The maximum Gasteiger partial charge on any atom is 0.416 e. The third kappa shape index (κ3) is 3.81. The number of thioether (sulfide) groups is 1. The van der Waals surface area contributed by atoms with Crippen molar-refractivity contribution in [2.24, 2.45) is 0 Å². The summed E-state index contributed by atoms with van der Waals surface area (Å²) in [7, 11) is 1.28. The highest BCUT2D eigenvalue weighted by Gasteiger charge is 2.39. The van der Waals surface area contributed by atoms with Crippen LogP contribution in [0.25, 0.3) is 0 Å². The van der Waals surface area contributed by atoms with Gasteiger partial charge < -0.3 is 10.1 Å². The summed E-state index contributed by atoms with van der Waals surface area (Å²) in [6, 6.07) is 2.29. The number of hydrogen-bond acceptors (Lipinski definition) is 4. The lowest BCUT2D eigenvalue weighted by Gasteiger charge is -2.43. The maximum absolute atomic E-state index is 13.1. The van der Waals surface area contributed by atoms with Crippen LogP contribution in [-0.2, 0) is 6.18 Å². The molecule has 1 amide bonds. The number of hydrogen-bond donors (Lipinski definition) is 1. The van der Waals surface area contributed by atoms with Crippen LogP contribution in [-0.4, -0.2) is 49.3 Å². The molecule has 4 nitrogen and oxygen atoms in total. The first-order valence-corrected chi connectivity index (χ1v) is 9.95. The summed E-state index contributed by atoms with van der Waals surface area (Å²) in [5.74, 6) is -0.410. The van der Waals surface area contributed by atoms with Gasteiger partial charge in [-0.15, -0.1) is 11.8 Å². The van der Waals surface area contributed by atoms with Gasteiger partial charge in [0.1, 0.15) is 5.75 Å². The molecule has 2 fully saturated rings. The third-order valence-electron chi connectivity index (χ3n) is 5.22. The second kappa shape index (κ2) is 7.68. The molecule has 1 saturated carbocycles. The van der Waals surface area contributed by atoms with Crippen molar-refractivity contribution >= 4 is 17.7 Å². The van der Waals surface area contributed by atoms with Gasteiger partial charge in [0.05, 0.1) is 18.2 Å². The Bertz CT molecular complexity index is 650. The topological polar surface area (TPSA) is 41.6 Å². The zero-order valence-corrected chi connectivity index (χ0v) is 15.7. The SMILES string of the molecule is COc1cc(C(F)(F)F)cc(SC)c1C(=O)NC1CCC1N1CCCC1.